The molecule has 4 heteroatoms. The highest BCUT2D eigenvalue weighted by molar-refractivity contribution is 5.97. The van der Waals surface area contributed by atoms with E-state index in [9.17, 15) is 9.59 Å². The maximum Gasteiger partial charge on any atom is 0.194 e. The molecule has 0 aliphatic carbocycles. The second kappa shape index (κ2) is 9.11. The van der Waals surface area contributed by atoms with Gasteiger partial charge in [0.1, 0.15) is 0 Å². The molecule has 0 saturated carbocycles. The lowest BCUT2D eigenvalue weighted by Crippen LogP contribution is -2.27. The van der Waals surface area contributed by atoms with E-state index >= 15 is 0 Å². The van der Waals surface area contributed by atoms with E-state index in [1.165, 1.54) is 18.1 Å². The van der Waals surface area contributed by atoms with Crippen molar-refractivity contribution in [3.8, 4) is 0 Å². The van der Waals surface area contributed by atoms with Crippen LogP contribution in [0.25, 0.3) is 10.9 Å². The molecule has 4 nitrogen and oxygen atoms in total. The highest BCUT2D eigenvalue weighted by Crippen LogP contribution is 2.18. The van der Waals surface area contributed by atoms with Gasteiger partial charge in [-0.15, -0.1) is 0 Å². The molecule has 0 bridgehead atoms. The number of ketones is 1. The summed E-state index contributed by atoms with van der Waals surface area (Å²) in [5.41, 5.74) is 5.30. The third-order valence-corrected chi connectivity index (χ3v) is 5.60. The Balaban J connectivity index is 1.72. The van der Waals surface area contributed by atoms with Gasteiger partial charge in [-0.1, -0.05) is 60.7 Å². The van der Waals surface area contributed by atoms with Crippen LogP contribution >= 0.6 is 0 Å². The van der Waals surface area contributed by atoms with Gasteiger partial charge in [-0.2, -0.15) is 0 Å². The number of aromatic nitrogens is 1. The molecule has 0 aliphatic heterocycles. The molecule has 3 aromatic carbocycles. The van der Waals surface area contributed by atoms with Gasteiger partial charge in [0, 0.05) is 47.4 Å². The standard InChI is InChI=1S/C27H26N2O2/c1-19-25(27(31)24-15-23(20(2)30)13-14-26(24)28-19)18-29(16-21-9-5-3-6-10-21)17-22-11-7-4-8-12-22/h3-15H,16-18H2,1-2H3,(H,28,31). The number of aryl methyl sites for hydroxylation is 1. The SMILES string of the molecule is CC(=O)c1ccc2[nH]c(C)c(CN(Cc3ccccc3)Cc3ccccc3)c(=O)c2c1. The summed E-state index contributed by atoms with van der Waals surface area (Å²) in [5.74, 6) is -0.0433. The molecule has 0 unspecified atom stereocenters. The summed E-state index contributed by atoms with van der Waals surface area (Å²) in [7, 11) is 0. The van der Waals surface area contributed by atoms with Crippen molar-refractivity contribution >= 4 is 16.7 Å². The van der Waals surface area contributed by atoms with Crippen molar-refractivity contribution in [1.29, 1.82) is 0 Å². The largest absolute Gasteiger partial charge is 0.358 e. The summed E-state index contributed by atoms with van der Waals surface area (Å²) >= 11 is 0. The minimum Gasteiger partial charge on any atom is -0.358 e. The third kappa shape index (κ3) is 4.81. The third-order valence-electron chi connectivity index (χ3n) is 5.60. The minimum absolute atomic E-state index is 0.0135. The van der Waals surface area contributed by atoms with Gasteiger partial charge >= 0.3 is 0 Å². The molecule has 0 amide bonds. The minimum atomic E-state index is -0.0433. The van der Waals surface area contributed by atoms with Crippen molar-refractivity contribution in [2.45, 2.75) is 33.5 Å². The lowest BCUT2D eigenvalue weighted by Gasteiger charge is -2.23. The van der Waals surface area contributed by atoms with Crippen molar-refractivity contribution in [2.24, 2.45) is 0 Å². The van der Waals surface area contributed by atoms with Gasteiger partial charge in [0.15, 0.2) is 11.2 Å². The van der Waals surface area contributed by atoms with Crippen LogP contribution in [-0.2, 0) is 19.6 Å². The van der Waals surface area contributed by atoms with E-state index in [-0.39, 0.29) is 11.2 Å². The van der Waals surface area contributed by atoms with Crippen LogP contribution in [0.4, 0.5) is 0 Å². The van der Waals surface area contributed by atoms with E-state index in [2.05, 4.69) is 34.1 Å². The average Bonchev–Trinajstić information content (AvgIpc) is 2.77. The smallest absolute Gasteiger partial charge is 0.194 e. The van der Waals surface area contributed by atoms with Crippen LogP contribution in [0.15, 0.2) is 83.7 Å². The molecule has 1 N–H and O–H groups in total. The fourth-order valence-electron chi connectivity index (χ4n) is 3.94. The predicted octanol–water partition coefficient (Wildman–Crippen LogP) is 5.24. The number of fused-ring (bicyclic) bond motifs is 1. The second-order valence-corrected chi connectivity index (χ2v) is 7.99. The molecule has 0 spiro atoms. The molecule has 0 fully saturated rings. The number of Topliss-reactive ketones (excluding diaryl/α,β-unsaturated/α-hetero) is 1. The Morgan fingerprint density at radius 2 is 1.42 bits per heavy atom. The van der Waals surface area contributed by atoms with Gasteiger partial charge in [-0.05, 0) is 43.2 Å². The number of carbonyl (C=O) groups excluding carboxylic acids is 1. The maximum atomic E-state index is 13.4. The molecular formula is C27H26N2O2. The summed E-state index contributed by atoms with van der Waals surface area (Å²) in [6.07, 6.45) is 0. The summed E-state index contributed by atoms with van der Waals surface area (Å²) in [4.78, 5) is 30.9. The van der Waals surface area contributed by atoms with Crippen molar-refractivity contribution in [2.75, 3.05) is 0 Å². The zero-order valence-electron chi connectivity index (χ0n) is 17.9. The fraction of sp³-hybridized carbons (Fsp3) is 0.185. The fourth-order valence-corrected chi connectivity index (χ4v) is 3.94. The van der Waals surface area contributed by atoms with Gasteiger partial charge in [0.25, 0.3) is 0 Å². The first-order valence-corrected chi connectivity index (χ1v) is 10.5. The second-order valence-electron chi connectivity index (χ2n) is 7.99. The van der Waals surface area contributed by atoms with E-state index < -0.39 is 0 Å². The topological polar surface area (TPSA) is 53.2 Å². The Kier molecular flexibility index (Phi) is 6.10. The Hall–Kier alpha value is -3.50. The van der Waals surface area contributed by atoms with Crippen LogP contribution < -0.4 is 5.43 Å². The van der Waals surface area contributed by atoms with E-state index in [1.54, 1.807) is 12.1 Å². The first-order valence-electron chi connectivity index (χ1n) is 10.5. The number of rotatable bonds is 7. The molecule has 31 heavy (non-hydrogen) atoms. The monoisotopic (exact) mass is 410 g/mol. The summed E-state index contributed by atoms with van der Waals surface area (Å²) in [6, 6.07) is 25.9. The van der Waals surface area contributed by atoms with Crippen LogP contribution in [0.3, 0.4) is 0 Å². The van der Waals surface area contributed by atoms with E-state index in [0.717, 1.165) is 29.9 Å². The van der Waals surface area contributed by atoms with Gasteiger partial charge in [0.05, 0.1) is 0 Å². The number of H-pyrrole nitrogens is 1. The summed E-state index contributed by atoms with van der Waals surface area (Å²) in [5, 5.41) is 0.563. The number of hydrogen-bond donors (Lipinski definition) is 1. The molecule has 0 saturated heterocycles. The Bertz CT molecular complexity index is 1220. The maximum absolute atomic E-state index is 13.4. The van der Waals surface area contributed by atoms with Crippen LogP contribution in [0.5, 0.6) is 0 Å². The summed E-state index contributed by atoms with van der Waals surface area (Å²) in [6.45, 7) is 5.45. The first-order chi connectivity index (χ1) is 15.0. The molecule has 1 aromatic heterocycles. The zero-order chi connectivity index (χ0) is 21.8. The number of pyridine rings is 1. The Morgan fingerprint density at radius 3 is 1.97 bits per heavy atom. The first kappa shape index (κ1) is 20.8. The number of nitrogens with zero attached hydrogens (tertiary/aromatic N) is 1. The number of benzene rings is 3. The quantitative estimate of drug-likeness (QED) is 0.424. The van der Waals surface area contributed by atoms with E-state index in [0.29, 0.717) is 17.5 Å². The molecule has 0 aliphatic rings. The molecule has 4 aromatic rings. The van der Waals surface area contributed by atoms with Crippen LogP contribution in [0, 0.1) is 6.92 Å². The highest BCUT2D eigenvalue weighted by atomic mass is 16.1. The number of hydrogen-bond acceptors (Lipinski definition) is 3. The molecule has 0 atom stereocenters. The normalized spacial score (nSPS) is 11.2. The van der Waals surface area contributed by atoms with Crippen LogP contribution in [0.2, 0.25) is 0 Å². The van der Waals surface area contributed by atoms with Crippen molar-refractivity contribution in [3.63, 3.8) is 0 Å². The van der Waals surface area contributed by atoms with Gasteiger partial charge in [-0.3, -0.25) is 14.5 Å². The van der Waals surface area contributed by atoms with Crippen molar-refractivity contribution in [3.05, 3.63) is 117 Å². The average molecular weight is 411 g/mol. The highest BCUT2D eigenvalue weighted by Gasteiger charge is 2.16. The number of aromatic amines is 1. The van der Waals surface area contributed by atoms with E-state index in [1.807, 2.05) is 49.4 Å². The predicted molar refractivity (Wildman–Crippen MR) is 125 cm³/mol. The Labute approximate surface area is 182 Å². The van der Waals surface area contributed by atoms with E-state index in [4.69, 9.17) is 0 Å². The van der Waals surface area contributed by atoms with Gasteiger partial charge in [0.2, 0.25) is 0 Å². The lowest BCUT2D eigenvalue weighted by molar-refractivity contribution is 0.101. The summed E-state index contributed by atoms with van der Waals surface area (Å²) < 4.78 is 0. The number of carbonyl (C=O) groups is 1. The molecule has 0 radical (unpaired) electrons. The zero-order valence-corrected chi connectivity index (χ0v) is 17.9. The van der Waals surface area contributed by atoms with Crippen molar-refractivity contribution < 1.29 is 4.79 Å². The molecular weight excluding hydrogens is 384 g/mol. The Morgan fingerprint density at radius 1 is 0.839 bits per heavy atom. The molecule has 4 rings (SSSR count). The molecule has 156 valence electrons. The molecule has 1 heterocycles. The lowest BCUT2D eigenvalue weighted by atomic mass is 10.0. The van der Waals surface area contributed by atoms with Gasteiger partial charge < -0.3 is 4.98 Å². The van der Waals surface area contributed by atoms with Gasteiger partial charge in [-0.25, -0.2) is 0 Å². The van der Waals surface area contributed by atoms with Crippen LogP contribution in [0.1, 0.15) is 39.7 Å². The van der Waals surface area contributed by atoms with Crippen molar-refractivity contribution in [1.82, 2.24) is 9.88 Å². The van der Waals surface area contributed by atoms with Crippen LogP contribution in [-0.4, -0.2) is 15.7 Å². The number of nitrogens with one attached hydrogen (secondary N) is 1.